The molecule has 2 nitrogen and oxygen atoms in total. The summed E-state index contributed by atoms with van der Waals surface area (Å²) < 4.78 is 0. The summed E-state index contributed by atoms with van der Waals surface area (Å²) in [4.78, 5) is 9.81. The van der Waals surface area contributed by atoms with Gasteiger partial charge in [0, 0.05) is 34.3 Å². The lowest BCUT2D eigenvalue weighted by Crippen LogP contribution is -1.94. The fourth-order valence-electron chi connectivity index (χ4n) is 9.61. The zero-order valence-electron chi connectivity index (χ0n) is 31.5. The lowest BCUT2D eigenvalue weighted by atomic mass is 9.82. The van der Waals surface area contributed by atoms with E-state index in [1.807, 2.05) is 24.5 Å². The molecule has 2 heteroatoms. The molecule has 0 atom stereocenters. The molecular weight excluding hydrogens is 701 g/mol. The number of hydrogen-bond donors (Lipinski definition) is 0. The number of para-hydroxylation sites is 2. The van der Waals surface area contributed by atoms with Crippen molar-refractivity contribution in [1.29, 1.82) is 0 Å². The SMILES string of the molecule is c1ccc2ncc(-c3c4ccccc4c(-c4ccc(-c5c6ccccc6c(-c6cnc7ccccc7c6)c6ccccc56)c5ccccc45)c4ccccc34)cc2c1. The molecule has 0 N–H and O–H groups in total. The molecule has 0 fully saturated rings. The monoisotopic (exact) mass is 734 g/mol. The number of benzene rings is 10. The van der Waals surface area contributed by atoms with E-state index in [2.05, 4.69) is 182 Å². The maximum atomic E-state index is 4.91. The normalized spacial score (nSPS) is 11.8. The zero-order valence-corrected chi connectivity index (χ0v) is 31.5. The van der Waals surface area contributed by atoms with Crippen molar-refractivity contribution >= 4 is 75.7 Å². The molecule has 2 heterocycles. The molecule has 58 heavy (non-hydrogen) atoms. The Kier molecular flexibility index (Phi) is 7.26. The Morgan fingerprint density at radius 2 is 0.517 bits per heavy atom. The van der Waals surface area contributed by atoms with Gasteiger partial charge in [0.1, 0.15) is 0 Å². The average Bonchev–Trinajstić information content (AvgIpc) is 3.29. The number of pyridine rings is 2. The second-order valence-corrected chi connectivity index (χ2v) is 15.2. The predicted molar refractivity (Wildman–Crippen MR) is 246 cm³/mol. The Hall–Kier alpha value is -7.68. The van der Waals surface area contributed by atoms with E-state index in [9.17, 15) is 0 Å². The highest BCUT2D eigenvalue weighted by Gasteiger charge is 2.22. The van der Waals surface area contributed by atoms with E-state index >= 15 is 0 Å². The summed E-state index contributed by atoms with van der Waals surface area (Å²) >= 11 is 0. The largest absolute Gasteiger partial charge is 0.256 e. The molecule has 10 aromatic carbocycles. The number of nitrogens with zero attached hydrogens (tertiary/aromatic N) is 2. The fourth-order valence-corrected chi connectivity index (χ4v) is 9.61. The summed E-state index contributed by atoms with van der Waals surface area (Å²) in [5.41, 5.74) is 11.6. The van der Waals surface area contributed by atoms with Crippen molar-refractivity contribution < 1.29 is 0 Å². The van der Waals surface area contributed by atoms with Gasteiger partial charge in [-0.25, -0.2) is 0 Å². The standard InChI is InChI=1S/C56H34N2/c1-13-27-51-35(15-1)31-37(33-57-51)53-41-19-5-9-23-45(41)55(46-24-10-6-20-42(46)53)49-29-30-50(40-18-4-3-17-39(40)49)56-47-25-11-7-21-43(47)54(44-22-8-12-26-48(44)56)38-32-36-16-2-14-28-52(36)58-34-38/h1-34H. The van der Waals surface area contributed by atoms with Crippen LogP contribution in [0.5, 0.6) is 0 Å². The summed E-state index contributed by atoms with van der Waals surface area (Å²) in [6, 6.07) is 70.6. The topological polar surface area (TPSA) is 25.8 Å². The zero-order chi connectivity index (χ0) is 38.2. The van der Waals surface area contributed by atoms with Gasteiger partial charge in [0.05, 0.1) is 11.0 Å². The van der Waals surface area contributed by atoms with E-state index in [1.165, 1.54) is 87.2 Å². The van der Waals surface area contributed by atoms with E-state index in [0.29, 0.717) is 0 Å². The van der Waals surface area contributed by atoms with Gasteiger partial charge >= 0.3 is 0 Å². The van der Waals surface area contributed by atoms with Gasteiger partial charge in [-0.2, -0.15) is 0 Å². The van der Waals surface area contributed by atoms with Gasteiger partial charge in [0.15, 0.2) is 0 Å². The Labute approximate surface area is 335 Å². The van der Waals surface area contributed by atoms with Crippen LogP contribution in [0.4, 0.5) is 0 Å². The van der Waals surface area contributed by atoms with Crippen molar-refractivity contribution in [3.05, 3.63) is 207 Å². The molecule has 12 rings (SSSR count). The minimum atomic E-state index is 1.00. The van der Waals surface area contributed by atoms with E-state index in [-0.39, 0.29) is 0 Å². The van der Waals surface area contributed by atoms with Gasteiger partial charge in [0.25, 0.3) is 0 Å². The van der Waals surface area contributed by atoms with E-state index < -0.39 is 0 Å². The van der Waals surface area contributed by atoms with Crippen LogP contribution in [0.1, 0.15) is 0 Å². The van der Waals surface area contributed by atoms with Crippen molar-refractivity contribution in [2.45, 2.75) is 0 Å². The van der Waals surface area contributed by atoms with Gasteiger partial charge in [0.2, 0.25) is 0 Å². The Morgan fingerprint density at radius 1 is 0.241 bits per heavy atom. The first kappa shape index (κ1) is 32.6. The van der Waals surface area contributed by atoms with Crippen LogP contribution in [0.3, 0.4) is 0 Å². The van der Waals surface area contributed by atoms with Gasteiger partial charge in [-0.3, -0.25) is 9.97 Å². The van der Waals surface area contributed by atoms with Crippen molar-refractivity contribution in [3.8, 4) is 44.5 Å². The predicted octanol–water partition coefficient (Wildman–Crippen LogP) is 15.2. The molecule has 0 spiro atoms. The molecule has 0 aliphatic heterocycles. The molecule has 0 saturated heterocycles. The lowest BCUT2D eigenvalue weighted by molar-refractivity contribution is 1.41. The van der Waals surface area contributed by atoms with Gasteiger partial charge in [-0.1, -0.05) is 170 Å². The molecule has 2 aromatic heterocycles. The van der Waals surface area contributed by atoms with Crippen molar-refractivity contribution in [2.24, 2.45) is 0 Å². The third-order valence-electron chi connectivity index (χ3n) is 12.1. The van der Waals surface area contributed by atoms with Gasteiger partial charge in [-0.15, -0.1) is 0 Å². The molecule has 0 unspecified atom stereocenters. The number of rotatable bonds is 4. The first-order valence-corrected chi connectivity index (χ1v) is 19.9. The highest BCUT2D eigenvalue weighted by molar-refractivity contribution is 6.27. The Bertz CT molecular complexity index is 3280. The maximum absolute atomic E-state index is 4.91. The number of aromatic nitrogens is 2. The first-order chi connectivity index (χ1) is 28.8. The Morgan fingerprint density at radius 3 is 0.862 bits per heavy atom. The fraction of sp³-hybridized carbons (Fsp3) is 0. The summed E-state index contributed by atoms with van der Waals surface area (Å²) in [7, 11) is 0. The average molecular weight is 735 g/mol. The van der Waals surface area contributed by atoms with Crippen molar-refractivity contribution in [3.63, 3.8) is 0 Å². The van der Waals surface area contributed by atoms with Crippen LogP contribution in [0.2, 0.25) is 0 Å². The van der Waals surface area contributed by atoms with Crippen LogP contribution in [-0.4, -0.2) is 9.97 Å². The van der Waals surface area contributed by atoms with Crippen LogP contribution >= 0.6 is 0 Å². The summed E-state index contributed by atoms with van der Waals surface area (Å²) in [5.74, 6) is 0. The van der Waals surface area contributed by atoms with E-state index in [0.717, 1.165) is 32.9 Å². The molecule has 0 saturated carbocycles. The Balaban J connectivity index is 1.14. The van der Waals surface area contributed by atoms with E-state index in [1.54, 1.807) is 0 Å². The number of fused-ring (bicyclic) bond motifs is 7. The molecule has 12 aromatic rings. The van der Waals surface area contributed by atoms with Crippen LogP contribution in [0.25, 0.3) is 120 Å². The van der Waals surface area contributed by atoms with Gasteiger partial charge < -0.3 is 0 Å². The summed E-state index contributed by atoms with van der Waals surface area (Å²) in [6.07, 6.45) is 4.08. The second kappa shape index (κ2) is 12.9. The minimum Gasteiger partial charge on any atom is -0.256 e. The van der Waals surface area contributed by atoms with Crippen molar-refractivity contribution in [1.82, 2.24) is 9.97 Å². The quantitative estimate of drug-likeness (QED) is 0.168. The summed E-state index contributed by atoms with van der Waals surface area (Å²) in [5, 5.41) is 14.5. The molecule has 0 aliphatic carbocycles. The lowest BCUT2D eigenvalue weighted by Gasteiger charge is -2.21. The molecule has 0 radical (unpaired) electrons. The minimum absolute atomic E-state index is 1.00. The third kappa shape index (κ3) is 4.92. The maximum Gasteiger partial charge on any atom is 0.0702 e. The highest BCUT2D eigenvalue weighted by Crippen LogP contribution is 2.49. The molecule has 0 bridgehead atoms. The highest BCUT2D eigenvalue weighted by atomic mass is 14.7. The molecule has 0 aliphatic rings. The van der Waals surface area contributed by atoms with E-state index in [4.69, 9.17) is 9.97 Å². The molecular formula is C56H34N2. The first-order valence-electron chi connectivity index (χ1n) is 19.9. The van der Waals surface area contributed by atoms with Crippen LogP contribution in [-0.2, 0) is 0 Å². The van der Waals surface area contributed by atoms with Crippen LogP contribution in [0, 0.1) is 0 Å². The second-order valence-electron chi connectivity index (χ2n) is 15.2. The smallest absolute Gasteiger partial charge is 0.0702 e. The summed E-state index contributed by atoms with van der Waals surface area (Å²) in [6.45, 7) is 0. The van der Waals surface area contributed by atoms with Crippen LogP contribution in [0.15, 0.2) is 207 Å². The van der Waals surface area contributed by atoms with Crippen molar-refractivity contribution in [2.75, 3.05) is 0 Å². The number of hydrogen-bond acceptors (Lipinski definition) is 2. The van der Waals surface area contributed by atoms with Gasteiger partial charge in [-0.05, 0) is 112 Å². The molecule has 268 valence electrons. The van der Waals surface area contributed by atoms with Crippen LogP contribution < -0.4 is 0 Å². The third-order valence-corrected chi connectivity index (χ3v) is 12.1. The molecule has 0 amide bonds.